The predicted octanol–water partition coefficient (Wildman–Crippen LogP) is 8.31. The molecule has 0 N–H and O–H groups in total. The van der Waals surface area contributed by atoms with Crippen LogP contribution in [0, 0.1) is 39.8 Å². The van der Waals surface area contributed by atoms with E-state index in [-0.39, 0.29) is 0 Å². The minimum atomic E-state index is -1.56. The maximum absolute atomic E-state index is 4.21. The van der Waals surface area contributed by atoms with Gasteiger partial charge in [0.1, 0.15) is 24.2 Å². The van der Waals surface area contributed by atoms with Gasteiger partial charge < -0.3 is 0 Å². The second kappa shape index (κ2) is 13.5. The van der Waals surface area contributed by atoms with Crippen LogP contribution in [0.1, 0.15) is 62.3 Å². The van der Waals surface area contributed by atoms with E-state index in [0.29, 0.717) is 0 Å². The van der Waals surface area contributed by atoms with Crippen LogP contribution in [0.2, 0.25) is 54.4 Å². The quantitative estimate of drug-likeness (QED) is 0.176. The maximum Gasteiger partial charge on any atom is 0.168 e. The van der Waals surface area contributed by atoms with E-state index in [1.54, 1.807) is 0 Å². The molecule has 0 amide bonds. The summed E-state index contributed by atoms with van der Waals surface area (Å²) < 4.78 is 0. The number of rotatable bonds is 10. The van der Waals surface area contributed by atoms with Gasteiger partial charge in [-0.05, 0) is 60.5 Å². The van der Waals surface area contributed by atoms with Crippen molar-refractivity contribution in [1.29, 1.82) is 0 Å². The SMILES string of the molecule is C=CC(C#C[Si](CC)(CC)CC)(C#C[Si](CC)(CC)CC)C#C[Si](CC)(CC)CC. The van der Waals surface area contributed by atoms with Crippen LogP contribution in [-0.2, 0) is 0 Å². The Balaban J connectivity index is 6.81. The Kier molecular flexibility index (Phi) is 13.1. The summed E-state index contributed by atoms with van der Waals surface area (Å²) >= 11 is 0. The molecule has 0 aliphatic carbocycles. The van der Waals surface area contributed by atoms with Crippen LogP contribution in [0.3, 0.4) is 0 Å². The van der Waals surface area contributed by atoms with Gasteiger partial charge in [-0.1, -0.05) is 86.7 Å². The topological polar surface area (TPSA) is 0 Å². The molecular weight excluding hydrogens is 409 g/mol. The van der Waals surface area contributed by atoms with Crippen LogP contribution in [-0.4, -0.2) is 24.2 Å². The largest absolute Gasteiger partial charge is 0.168 e. The highest BCUT2D eigenvalue weighted by Gasteiger charge is 2.30. The molecule has 0 saturated heterocycles. The van der Waals surface area contributed by atoms with Crippen LogP contribution in [0.4, 0.5) is 0 Å². The first-order chi connectivity index (χ1) is 14.2. The molecule has 3 heteroatoms. The fourth-order valence-electron chi connectivity index (χ4n) is 3.99. The highest BCUT2D eigenvalue weighted by molar-refractivity contribution is 6.88. The van der Waals surface area contributed by atoms with Crippen molar-refractivity contribution < 1.29 is 0 Å². The first-order valence-corrected chi connectivity index (χ1v) is 20.4. The van der Waals surface area contributed by atoms with Crippen LogP contribution in [0.25, 0.3) is 0 Å². The monoisotopic (exact) mass is 456 g/mol. The fourth-order valence-corrected chi connectivity index (χ4v) is 11.5. The van der Waals surface area contributed by atoms with E-state index < -0.39 is 29.6 Å². The minimum Gasteiger partial charge on any atom is -0.128 e. The van der Waals surface area contributed by atoms with Crippen molar-refractivity contribution in [2.45, 2.75) is 117 Å². The summed E-state index contributed by atoms with van der Waals surface area (Å²) in [5.41, 5.74) is 10.7. The van der Waals surface area contributed by atoms with Gasteiger partial charge in [0.15, 0.2) is 5.41 Å². The Bertz CT molecular complexity index is 585. The average Bonchev–Trinajstić information content (AvgIpc) is 2.82. The lowest BCUT2D eigenvalue weighted by Crippen LogP contribution is -2.32. The molecule has 168 valence electrons. The molecule has 0 aliphatic rings. The van der Waals surface area contributed by atoms with Gasteiger partial charge in [-0.3, -0.25) is 0 Å². The van der Waals surface area contributed by atoms with Gasteiger partial charge in [0.2, 0.25) is 0 Å². The minimum absolute atomic E-state index is 0.659. The van der Waals surface area contributed by atoms with E-state index >= 15 is 0 Å². The van der Waals surface area contributed by atoms with Crippen molar-refractivity contribution in [3.05, 3.63) is 12.7 Å². The van der Waals surface area contributed by atoms with E-state index in [2.05, 4.69) is 103 Å². The molecule has 0 rings (SSSR count). The molecule has 0 heterocycles. The van der Waals surface area contributed by atoms with E-state index in [1.807, 2.05) is 6.08 Å². The molecule has 30 heavy (non-hydrogen) atoms. The van der Waals surface area contributed by atoms with Gasteiger partial charge in [0.25, 0.3) is 0 Å². The molecule has 0 aliphatic heterocycles. The zero-order chi connectivity index (χ0) is 23.3. The third-order valence-electron chi connectivity index (χ3n) is 7.97. The fraction of sp³-hybridized carbons (Fsp3) is 0.704. The molecule has 0 atom stereocenters. The Hall–Kier alpha value is -0.929. The van der Waals surface area contributed by atoms with Crippen LogP contribution in [0.5, 0.6) is 0 Å². The molecule has 0 bridgehead atoms. The van der Waals surface area contributed by atoms with Crippen molar-refractivity contribution in [3.8, 4) is 34.4 Å². The van der Waals surface area contributed by atoms with Gasteiger partial charge >= 0.3 is 0 Å². The van der Waals surface area contributed by atoms with Gasteiger partial charge in [-0.15, -0.1) is 16.6 Å². The molecule has 0 aromatic carbocycles. The summed E-state index contributed by atoms with van der Waals surface area (Å²) in [5, 5.41) is 0. The average molecular weight is 457 g/mol. The molecular formula is C27H48Si3. The van der Waals surface area contributed by atoms with Crippen molar-refractivity contribution >= 4 is 24.2 Å². The zero-order valence-corrected chi connectivity index (χ0v) is 24.6. The normalized spacial score (nSPS) is 12.0. The van der Waals surface area contributed by atoms with Gasteiger partial charge in [-0.25, -0.2) is 0 Å². The molecule has 0 spiro atoms. The van der Waals surface area contributed by atoms with E-state index in [4.69, 9.17) is 0 Å². The molecule has 0 fully saturated rings. The molecule has 0 nitrogen and oxygen atoms in total. The van der Waals surface area contributed by atoms with Gasteiger partial charge in [0, 0.05) is 0 Å². The van der Waals surface area contributed by atoms with Crippen molar-refractivity contribution in [2.24, 2.45) is 5.41 Å². The highest BCUT2D eigenvalue weighted by atomic mass is 28.3. The van der Waals surface area contributed by atoms with Gasteiger partial charge in [-0.2, -0.15) is 0 Å². The first kappa shape index (κ1) is 29.1. The predicted molar refractivity (Wildman–Crippen MR) is 148 cm³/mol. The summed E-state index contributed by atoms with van der Waals surface area (Å²) in [6, 6.07) is 10.8. The molecule has 0 saturated carbocycles. The highest BCUT2D eigenvalue weighted by Crippen LogP contribution is 2.26. The summed E-state index contributed by atoms with van der Waals surface area (Å²) in [6.07, 6.45) is 1.96. The van der Waals surface area contributed by atoms with Crippen LogP contribution in [0.15, 0.2) is 12.7 Å². The van der Waals surface area contributed by atoms with Crippen LogP contribution >= 0.6 is 0 Å². The lowest BCUT2D eigenvalue weighted by Gasteiger charge is -2.24. The second-order valence-corrected chi connectivity index (χ2v) is 23.6. The lowest BCUT2D eigenvalue weighted by molar-refractivity contribution is 0.945. The zero-order valence-electron chi connectivity index (χ0n) is 21.6. The Morgan fingerprint density at radius 2 is 0.700 bits per heavy atom. The molecule has 0 unspecified atom stereocenters. The van der Waals surface area contributed by atoms with E-state index in [1.165, 1.54) is 54.4 Å². The van der Waals surface area contributed by atoms with Crippen molar-refractivity contribution in [3.63, 3.8) is 0 Å². The van der Waals surface area contributed by atoms with Crippen molar-refractivity contribution in [1.82, 2.24) is 0 Å². The van der Waals surface area contributed by atoms with E-state index in [9.17, 15) is 0 Å². The van der Waals surface area contributed by atoms with Crippen molar-refractivity contribution in [2.75, 3.05) is 0 Å². The third-order valence-corrected chi connectivity index (χ3v) is 22.1. The Morgan fingerprint density at radius 1 is 0.500 bits per heavy atom. The second-order valence-electron chi connectivity index (χ2n) is 8.79. The number of allylic oxidation sites excluding steroid dienone is 1. The van der Waals surface area contributed by atoms with Crippen LogP contribution < -0.4 is 0 Å². The number of hydrogen-bond acceptors (Lipinski definition) is 0. The lowest BCUT2D eigenvalue weighted by atomic mass is 9.92. The Morgan fingerprint density at radius 3 is 0.833 bits per heavy atom. The smallest absolute Gasteiger partial charge is 0.128 e. The summed E-state index contributed by atoms with van der Waals surface area (Å²) in [6.45, 7) is 25.0. The standard InChI is InChI=1S/C27H48Si3/c1-11-27(21-24-28(12-2,13-3)14-4,22-25-29(15-5,16-6)17-7)23-26-30(18-8,19-9)20-10/h11H,1,12-20H2,2-10H3. The van der Waals surface area contributed by atoms with Gasteiger partial charge in [0.05, 0.1) is 0 Å². The summed E-state index contributed by atoms with van der Waals surface area (Å²) in [4.78, 5) is 0. The Labute approximate surface area is 193 Å². The molecule has 0 radical (unpaired) electrons. The third kappa shape index (κ3) is 7.34. The van der Waals surface area contributed by atoms with E-state index in [0.717, 1.165) is 0 Å². The first-order valence-electron chi connectivity index (χ1n) is 12.5. The molecule has 0 aromatic heterocycles. The molecule has 0 aromatic rings. The summed E-state index contributed by atoms with van der Waals surface area (Å²) in [5.74, 6) is 11.0. The summed E-state index contributed by atoms with van der Waals surface area (Å²) in [7, 11) is -4.69. The maximum atomic E-state index is 4.21. The number of hydrogen-bond donors (Lipinski definition) is 0.